The molecule has 0 radical (unpaired) electrons. The van der Waals surface area contributed by atoms with Crippen molar-refractivity contribution in [1.29, 1.82) is 0 Å². The van der Waals surface area contributed by atoms with Crippen LogP contribution < -0.4 is 4.87 Å². The Hall–Kier alpha value is -2.08. The fraction of sp³-hybridized carbons (Fsp3) is 0.167. The molecule has 0 spiro atoms. The van der Waals surface area contributed by atoms with Gasteiger partial charge in [0, 0.05) is 0 Å². The number of nitrogens with zero attached hydrogens (tertiary/aromatic N) is 1. The standard InChI is InChI=1S/C12H11NO4S/c1-17-11(15)9-4-2-8(3-5-9)6-13-10(14)7-18-12(13)16/h2-5,7,14H,6H2,1H3. The summed E-state index contributed by atoms with van der Waals surface area (Å²) in [5.74, 6) is -0.459. The topological polar surface area (TPSA) is 68.5 Å². The van der Waals surface area contributed by atoms with Crippen LogP contribution in [0.2, 0.25) is 0 Å². The van der Waals surface area contributed by atoms with Crippen molar-refractivity contribution in [2.24, 2.45) is 0 Å². The van der Waals surface area contributed by atoms with Crippen LogP contribution in [0.15, 0.2) is 34.4 Å². The van der Waals surface area contributed by atoms with Gasteiger partial charge in [0.15, 0.2) is 0 Å². The second-order valence-corrected chi connectivity index (χ2v) is 4.46. The van der Waals surface area contributed by atoms with Crippen molar-refractivity contribution in [3.8, 4) is 5.88 Å². The van der Waals surface area contributed by atoms with Crippen LogP contribution in [-0.2, 0) is 11.3 Å². The first-order valence-electron chi connectivity index (χ1n) is 5.16. The summed E-state index contributed by atoms with van der Waals surface area (Å²) in [5, 5.41) is 10.9. The van der Waals surface area contributed by atoms with Gasteiger partial charge in [-0.15, -0.1) is 0 Å². The average Bonchev–Trinajstić information content (AvgIpc) is 2.70. The lowest BCUT2D eigenvalue weighted by atomic mass is 10.1. The van der Waals surface area contributed by atoms with Crippen LogP contribution in [0.4, 0.5) is 0 Å². The third kappa shape index (κ3) is 2.43. The third-order valence-corrected chi connectivity index (χ3v) is 3.23. The number of hydrogen-bond acceptors (Lipinski definition) is 5. The molecule has 0 saturated heterocycles. The zero-order valence-corrected chi connectivity index (χ0v) is 10.4. The van der Waals surface area contributed by atoms with Gasteiger partial charge in [0.1, 0.15) is 0 Å². The number of carbonyl (C=O) groups is 1. The van der Waals surface area contributed by atoms with E-state index >= 15 is 0 Å². The molecule has 5 nitrogen and oxygen atoms in total. The molecule has 18 heavy (non-hydrogen) atoms. The van der Waals surface area contributed by atoms with E-state index in [9.17, 15) is 14.7 Å². The maximum absolute atomic E-state index is 11.4. The van der Waals surface area contributed by atoms with E-state index < -0.39 is 5.97 Å². The van der Waals surface area contributed by atoms with E-state index in [4.69, 9.17) is 0 Å². The Morgan fingerprint density at radius 1 is 1.39 bits per heavy atom. The average molecular weight is 265 g/mol. The van der Waals surface area contributed by atoms with E-state index in [1.807, 2.05) is 0 Å². The molecule has 1 aromatic carbocycles. The number of rotatable bonds is 3. The summed E-state index contributed by atoms with van der Waals surface area (Å²) >= 11 is 0.945. The molecule has 0 saturated carbocycles. The molecule has 0 unspecified atom stereocenters. The van der Waals surface area contributed by atoms with Gasteiger partial charge in [-0.05, 0) is 17.7 Å². The van der Waals surface area contributed by atoms with Gasteiger partial charge in [0.25, 0.3) is 0 Å². The van der Waals surface area contributed by atoms with E-state index in [2.05, 4.69) is 4.74 Å². The molecule has 0 aliphatic heterocycles. The van der Waals surface area contributed by atoms with Gasteiger partial charge >= 0.3 is 10.8 Å². The highest BCUT2D eigenvalue weighted by atomic mass is 32.1. The van der Waals surface area contributed by atoms with Gasteiger partial charge in [0.2, 0.25) is 5.88 Å². The van der Waals surface area contributed by atoms with Crippen molar-refractivity contribution in [3.05, 3.63) is 50.4 Å². The molecular weight excluding hydrogens is 254 g/mol. The second kappa shape index (κ2) is 5.05. The van der Waals surface area contributed by atoms with E-state index in [1.54, 1.807) is 24.3 Å². The van der Waals surface area contributed by atoms with Crippen LogP contribution in [0.5, 0.6) is 5.88 Å². The van der Waals surface area contributed by atoms with Crippen LogP contribution in [0.1, 0.15) is 15.9 Å². The number of methoxy groups -OCH3 is 1. The smallest absolute Gasteiger partial charge is 0.337 e. The number of aromatic nitrogens is 1. The van der Waals surface area contributed by atoms with Gasteiger partial charge in [-0.2, -0.15) is 0 Å². The number of ether oxygens (including phenoxy) is 1. The van der Waals surface area contributed by atoms with Gasteiger partial charge in [-0.1, -0.05) is 23.5 Å². The van der Waals surface area contributed by atoms with Crippen LogP contribution >= 0.6 is 11.3 Å². The number of esters is 1. The van der Waals surface area contributed by atoms with Gasteiger partial charge in [-0.25, -0.2) is 4.79 Å². The maximum atomic E-state index is 11.4. The number of hydrogen-bond donors (Lipinski definition) is 1. The first-order valence-corrected chi connectivity index (χ1v) is 6.04. The minimum Gasteiger partial charge on any atom is -0.494 e. The predicted octanol–water partition coefficient (Wildman–Crippen LogP) is 1.45. The monoisotopic (exact) mass is 265 g/mol. The highest BCUT2D eigenvalue weighted by Crippen LogP contribution is 2.13. The molecule has 1 N–H and O–H groups in total. The summed E-state index contributed by atoms with van der Waals surface area (Å²) in [5.41, 5.74) is 1.27. The molecule has 6 heteroatoms. The molecule has 94 valence electrons. The molecule has 1 heterocycles. The second-order valence-electron chi connectivity index (χ2n) is 3.63. The minimum absolute atomic E-state index is 0.0537. The molecular formula is C12H11NO4S. The summed E-state index contributed by atoms with van der Waals surface area (Å²) < 4.78 is 5.85. The predicted molar refractivity (Wildman–Crippen MR) is 67.1 cm³/mol. The van der Waals surface area contributed by atoms with E-state index in [-0.39, 0.29) is 17.3 Å². The molecule has 1 aromatic heterocycles. The quantitative estimate of drug-likeness (QED) is 0.853. The lowest BCUT2D eigenvalue weighted by molar-refractivity contribution is 0.0600. The Morgan fingerprint density at radius 3 is 2.56 bits per heavy atom. The highest BCUT2D eigenvalue weighted by molar-refractivity contribution is 7.07. The molecule has 2 rings (SSSR count). The van der Waals surface area contributed by atoms with Crippen LogP contribution in [0.25, 0.3) is 0 Å². The van der Waals surface area contributed by atoms with Crippen molar-refractivity contribution >= 4 is 17.3 Å². The number of carbonyl (C=O) groups excluding carboxylic acids is 1. The molecule has 0 bridgehead atoms. The van der Waals surface area contributed by atoms with Gasteiger partial charge in [0.05, 0.1) is 24.6 Å². The van der Waals surface area contributed by atoms with Gasteiger partial charge in [-0.3, -0.25) is 9.36 Å². The molecule has 0 fully saturated rings. The molecule has 2 aromatic rings. The highest BCUT2D eigenvalue weighted by Gasteiger charge is 2.07. The number of aromatic hydroxyl groups is 1. The Morgan fingerprint density at radius 2 is 2.06 bits per heavy atom. The maximum Gasteiger partial charge on any atom is 0.337 e. The lowest BCUT2D eigenvalue weighted by Crippen LogP contribution is -2.13. The largest absolute Gasteiger partial charge is 0.494 e. The van der Waals surface area contributed by atoms with E-state index in [0.29, 0.717) is 5.56 Å². The summed E-state index contributed by atoms with van der Waals surface area (Å²) in [6, 6.07) is 6.68. The Bertz CT molecular complexity index is 612. The Labute approximate surface area is 107 Å². The van der Waals surface area contributed by atoms with Crippen LogP contribution in [0.3, 0.4) is 0 Å². The summed E-state index contributed by atoms with van der Waals surface area (Å²) in [7, 11) is 1.32. The molecule has 0 atom stereocenters. The number of benzene rings is 1. The molecule has 0 amide bonds. The summed E-state index contributed by atoms with van der Waals surface area (Å²) in [6.07, 6.45) is 0. The van der Waals surface area contributed by atoms with Crippen molar-refractivity contribution in [2.45, 2.75) is 6.54 Å². The van der Waals surface area contributed by atoms with E-state index in [1.165, 1.54) is 17.1 Å². The molecule has 0 aliphatic carbocycles. The fourth-order valence-corrected chi connectivity index (χ4v) is 2.13. The zero-order valence-electron chi connectivity index (χ0n) is 9.62. The zero-order chi connectivity index (χ0) is 13.1. The van der Waals surface area contributed by atoms with Crippen molar-refractivity contribution in [3.63, 3.8) is 0 Å². The first kappa shape index (κ1) is 12.4. The summed E-state index contributed by atoms with van der Waals surface area (Å²) in [6.45, 7) is 0.273. The fourth-order valence-electron chi connectivity index (χ4n) is 1.52. The van der Waals surface area contributed by atoms with Crippen molar-refractivity contribution in [2.75, 3.05) is 7.11 Å². The number of thiazole rings is 1. The molecule has 0 aliphatic rings. The Kier molecular flexibility index (Phi) is 3.47. The van der Waals surface area contributed by atoms with Crippen LogP contribution in [-0.4, -0.2) is 22.8 Å². The van der Waals surface area contributed by atoms with Crippen molar-refractivity contribution < 1.29 is 14.6 Å². The Balaban J connectivity index is 2.21. The summed E-state index contributed by atoms with van der Waals surface area (Å²) in [4.78, 5) is 22.4. The SMILES string of the molecule is COC(=O)c1ccc(Cn2c(O)csc2=O)cc1. The van der Waals surface area contributed by atoms with E-state index in [0.717, 1.165) is 16.9 Å². The lowest BCUT2D eigenvalue weighted by Gasteiger charge is -2.04. The van der Waals surface area contributed by atoms with Gasteiger partial charge < -0.3 is 9.84 Å². The van der Waals surface area contributed by atoms with Crippen LogP contribution in [0, 0.1) is 0 Å². The third-order valence-electron chi connectivity index (χ3n) is 2.48. The first-order chi connectivity index (χ1) is 8.61. The normalized spacial score (nSPS) is 10.3. The minimum atomic E-state index is -0.405. The van der Waals surface area contributed by atoms with Crippen molar-refractivity contribution in [1.82, 2.24) is 4.57 Å².